The second-order valence-corrected chi connectivity index (χ2v) is 5.33. The second-order valence-electron chi connectivity index (χ2n) is 5.33. The maximum Gasteiger partial charge on any atom is 0.253 e. The van der Waals surface area contributed by atoms with E-state index in [9.17, 15) is 4.79 Å². The minimum Gasteiger partial charge on any atom is -0.395 e. The maximum atomic E-state index is 12.2. The summed E-state index contributed by atoms with van der Waals surface area (Å²) in [5.74, 6) is 5.76. The van der Waals surface area contributed by atoms with Gasteiger partial charge in [-0.15, -0.1) is 0 Å². The van der Waals surface area contributed by atoms with Crippen molar-refractivity contribution in [3.05, 3.63) is 29.3 Å². The largest absolute Gasteiger partial charge is 0.395 e. The molecule has 1 aromatic rings. The summed E-state index contributed by atoms with van der Waals surface area (Å²) in [6.07, 6.45) is 1.85. The molecule has 0 aromatic heterocycles. The summed E-state index contributed by atoms with van der Waals surface area (Å²) in [6, 6.07) is 5.72. The Morgan fingerprint density at radius 3 is 2.95 bits per heavy atom. The maximum absolute atomic E-state index is 12.2. The third kappa shape index (κ3) is 4.32. The fraction of sp³-hybridized carbons (Fsp3) is 0.471. The Balaban J connectivity index is 2.12. The Bertz CT molecular complexity index is 571. The second kappa shape index (κ2) is 7.26. The monoisotopic (exact) mass is 287 g/mol. The molecular formula is C17H21NO3. The van der Waals surface area contributed by atoms with E-state index in [1.165, 1.54) is 0 Å². The van der Waals surface area contributed by atoms with Crippen LogP contribution >= 0.6 is 0 Å². The molecule has 1 saturated heterocycles. The highest BCUT2D eigenvalue weighted by atomic mass is 16.5. The summed E-state index contributed by atoms with van der Waals surface area (Å²) in [5, 5.41) is 11.7. The molecule has 1 aliphatic rings. The van der Waals surface area contributed by atoms with E-state index in [1.807, 2.05) is 32.0 Å². The van der Waals surface area contributed by atoms with Crippen LogP contribution in [0.25, 0.3) is 0 Å². The van der Waals surface area contributed by atoms with Crippen molar-refractivity contribution in [1.82, 2.24) is 0 Å². The number of carbonyl (C=O) groups excluding carboxylic acids is 1. The van der Waals surface area contributed by atoms with Crippen LogP contribution in [0.3, 0.4) is 0 Å². The molecule has 2 N–H and O–H groups in total. The van der Waals surface area contributed by atoms with Crippen LogP contribution in [0.2, 0.25) is 0 Å². The van der Waals surface area contributed by atoms with Crippen molar-refractivity contribution in [2.45, 2.75) is 45.3 Å². The van der Waals surface area contributed by atoms with Crippen molar-refractivity contribution in [3.63, 3.8) is 0 Å². The molecule has 1 aliphatic heterocycles. The number of nitrogens with one attached hydrogen (secondary N) is 1. The van der Waals surface area contributed by atoms with Gasteiger partial charge in [-0.05, 0) is 44.4 Å². The first-order chi connectivity index (χ1) is 10.1. The molecule has 2 rings (SSSR count). The Hall–Kier alpha value is -1.83. The van der Waals surface area contributed by atoms with Gasteiger partial charge in [-0.1, -0.05) is 17.9 Å². The van der Waals surface area contributed by atoms with Gasteiger partial charge in [0.15, 0.2) is 0 Å². The molecule has 0 aliphatic carbocycles. The van der Waals surface area contributed by atoms with Crippen molar-refractivity contribution in [3.8, 4) is 11.8 Å². The number of amides is 1. The molecule has 4 nitrogen and oxygen atoms in total. The molecule has 0 bridgehead atoms. The number of anilines is 1. The number of aliphatic hydroxyl groups is 1. The molecule has 0 spiro atoms. The lowest BCUT2D eigenvalue weighted by Gasteiger charge is -2.13. The molecule has 2 atom stereocenters. The van der Waals surface area contributed by atoms with Crippen LogP contribution in [0.4, 0.5) is 5.69 Å². The fourth-order valence-corrected chi connectivity index (χ4v) is 2.29. The summed E-state index contributed by atoms with van der Waals surface area (Å²) >= 11 is 0. The van der Waals surface area contributed by atoms with Crippen molar-refractivity contribution >= 4 is 11.6 Å². The molecule has 4 heteroatoms. The van der Waals surface area contributed by atoms with Gasteiger partial charge in [-0.2, -0.15) is 0 Å². The minimum absolute atomic E-state index is 0.0360. The number of carbonyl (C=O) groups is 1. The van der Waals surface area contributed by atoms with Gasteiger partial charge in [0, 0.05) is 12.0 Å². The van der Waals surface area contributed by atoms with Crippen molar-refractivity contribution in [2.24, 2.45) is 0 Å². The number of rotatable bonds is 3. The van der Waals surface area contributed by atoms with E-state index in [4.69, 9.17) is 9.84 Å². The number of hydrogen-bond donors (Lipinski definition) is 2. The normalized spacial score (nSPS) is 20.7. The first-order valence-electron chi connectivity index (χ1n) is 7.27. The van der Waals surface area contributed by atoms with E-state index < -0.39 is 0 Å². The van der Waals surface area contributed by atoms with Gasteiger partial charge in [0.1, 0.15) is 6.10 Å². The number of aryl methyl sites for hydroxylation is 1. The van der Waals surface area contributed by atoms with E-state index in [-0.39, 0.29) is 24.7 Å². The molecular weight excluding hydrogens is 266 g/mol. The lowest BCUT2D eigenvalue weighted by atomic mass is 10.1. The van der Waals surface area contributed by atoms with Crippen LogP contribution in [0.1, 0.15) is 37.3 Å². The van der Waals surface area contributed by atoms with Crippen molar-refractivity contribution in [1.29, 1.82) is 0 Å². The fourth-order valence-electron chi connectivity index (χ4n) is 2.29. The molecule has 1 heterocycles. The first kappa shape index (κ1) is 15.6. The van der Waals surface area contributed by atoms with Crippen molar-refractivity contribution < 1.29 is 14.6 Å². The van der Waals surface area contributed by atoms with Gasteiger partial charge in [-0.3, -0.25) is 4.79 Å². The van der Waals surface area contributed by atoms with Gasteiger partial charge in [-0.25, -0.2) is 0 Å². The zero-order chi connectivity index (χ0) is 15.2. The SMILES string of the molecule is Cc1ccc(NC(=O)C2CCC(C)O2)c(C#CCCO)c1. The van der Waals surface area contributed by atoms with Crippen LogP contribution in [0.5, 0.6) is 0 Å². The Labute approximate surface area is 125 Å². The first-order valence-corrected chi connectivity index (χ1v) is 7.27. The molecule has 0 radical (unpaired) electrons. The number of aliphatic hydroxyl groups excluding tert-OH is 1. The lowest BCUT2D eigenvalue weighted by Crippen LogP contribution is -2.28. The van der Waals surface area contributed by atoms with Gasteiger partial charge in [0.05, 0.1) is 18.4 Å². The van der Waals surface area contributed by atoms with E-state index in [2.05, 4.69) is 17.2 Å². The Morgan fingerprint density at radius 2 is 2.29 bits per heavy atom. The van der Waals surface area contributed by atoms with E-state index in [0.29, 0.717) is 12.1 Å². The van der Waals surface area contributed by atoms with Crippen LogP contribution in [0, 0.1) is 18.8 Å². The summed E-state index contributed by atoms with van der Waals surface area (Å²) in [6.45, 7) is 3.99. The van der Waals surface area contributed by atoms with E-state index >= 15 is 0 Å². The Morgan fingerprint density at radius 1 is 1.48 bits per heavy atom. The summed E-state index contributed by atoms with van der Waals surface area (Å²) < 4.78 is 5.58. The topological polar surface area (TPSA) is 58.6 Å². The van der Waals surface area contributed by atoms with Gasteiger partial charge in [0.25, 0.3) is 5.91 Å². The highest BCUT2D eigenvalue weighted by Gasteiger charge is 2.28. The summed E-state index contributed by atoms with van der Waals surface area (Å²) in [5.41, 5.74) is 2.54. The molecule has 2 unspecified atom stereocenters. The molecule has 112 valence electrons. The van der Waals surface area contributed by atoms with Gasteiger partial charge >= 0.3 is 0 Å². The van der Waals surface area contributed by atoms with Crippen molar-refractivity contribution in [2.75, 3.05) is 11.9 Å². The summed E-state index contributed by atoms with van der Waals surface area (Å²) in [4.78, 5) is 12.2. The minimum atomic E-state index is -0.375. The number of benzene rings is 1. The van der Waals surface area contributed by atoms with Crippen LogP contribution in [-0.2, 0) is 9.53 Å². The highest BCUT2D eigenvalue weighted by molar-refractivity contribution is 5.95. The van der Waals surface area contributed by atoms with Crippen LogP contribution < -0.4 is 5.32 Å². The molecule has 1 amide bonds. The third-order valence-corrected chi connectivity index (χ3v) is 3.42. The zero-order valence-corrected chi connectivity index (χ0v) is 12.5. The predicted octanol–water partition coefficient (Wildman–Crippen LogP) is 2.23. The summed E-state index contributed by atoms with van der Waals surface area (Å²) in [7, 11) is 0. The predicted molar refractivity (Wildman–Crippen MR) is 82.0 cm³/mol. The molecule has 21 heavy (non-hydrogen) atoms. The molecule has 0 saturated carbocycles. The highest BCUT2D eigenvalue weighted by Crippen LogP contribution is 2.22. The van der Waals surface area contributed by atoms with Gasteiger partial charge in [0.2, 0.25) is 0 Å². The average molecular weight is 287 g/mol. The van der Waals surface area contributed by atoms with Crippen LogP contribution in [-0.4, -0.2) is 29.8 Å². The smallest absolute Gasteiger partial charge is 0.253 e. The lowest BCUT2D eigenvalue weighted by molar-refractivity contribution is -0.126. The number of ether oxygens (including phenoxy) is 1. The third-order valence-electron chi connectivity index (χ3n) is 3.42. The molecule has 1 fully saturated rings. The average Bonchev–Trinajstić information content (AvgIpc) is 2.88. The quantitative estimate of drug-likeness (QED) is 0.838. The standard InChI is InChI=1S/C17H21NO3/c1-12-6-8-15(14(11-12)5-3-4-10-19)18-17(20)16-9-7-13(2)21-16/h6,8,11,13,16,19H,4,7,9-10H2,1-2H3,(H,18,20). The number of hydrogen-bond acceptors (Lipinski definition) is 3. The van der Waals surface area contributed by atoms with Crippen LogP contribution in [0.15, 0.2) is 18.2 Å². The van der Waals surface area contributed by atoms with Gasteiger partial charge < -0.3 is 15.2 Å². The zero-order valence-electron chi connectivity index (χ0n) is 12.5. The van der Waals surface area contributed by atoms with E-state index in [0.717, 1.165) is 24.0 Å². The molecule has 1 aromatic carbocycles. The Kier molecular flexibility index (Phi) is 5.38. The van der Waals surface area contributed by atoms with E-state index in [1.54, 1.807) is 0 Å².